The van der Waals surface area contributed by atoms with Gasteiger partial charge in [0.15, 0.2) is 0 Å². The molecule has 1 atom stereocenters. The van der Waals surface area contributed by atoms with Gasteiger partial charge in [0.25, 0.3) is 0 Å². The van der Waals surface area contributed by atoms with E-state index < -0.39 is 0 Å². The Balaban J connectivity index is 2.23. The molecule has 1 rings (SSSR count). The van der Waals surface area contributed by atoms with E-state index in [2.05, 4.69) is 5.43 Å². The van der Waals surface area contributed by atoms with E-state index in [1.165, 1.54) is 0 Å². The molecule has 54 valence electrons. The normalized spacial score (nSPS) is 30.7. The Morgan fingerprint density at radius 2 is 2.44 bits per heavy atom. The first kappa shape index (κ1) is 6.99. The van der Waals surface area contributed by atoms with E-state index in [9.17, 15) is 0 Å². The number of nitrogens with one attached hydrogen (secondary N) is 1. The molecule has 1 saturated heterocycles. The van der Waals surface area contributed by atoms with Gasteiger partial charge in [0, 0.05) is 13.1 Å². The zero-order chi connectivity index (χ0) is 6.69. The van der Waals surface area contributed by atoms with Crippen molar-refractivity contribution < 1.29 is 5.11 Å². The molecule has 3 nitrogen and oxygen atoms in total. The highest BCUT2D eigenvalue weighted by Gasteiger charge is 2.15. The second kappa shape index (κ2) is 3.15. The number of β-amino-alcohol motifs (C(OH)–C–C–N with tert-alkyl or cyclic N) is 1. The van der Waals surface area contributed by atoms with Crippen LogP contribution in [-0.4, -0.2) is 36.4 Å². The third kappa shape index (κ3) is 1.93. The van der Waals surface area contributed by atoms with Gasteiger partial charge in [0.2, 0.25) is 0 Å². The molecule has 1 heterocycles. The highest BCUT2D eigenvalue weighted by Crippen LogP contribution is 2.06. The van der Waals surface area contributed by atoms with Crippen LogP contribution < -0.4 is 5.43 Å². The summed E-state index contributed by atoms with van der Waals surface area (Å²) < 4.78 is 0. The van der Waals surface area contributed by atoms with Crippen molar-refractivity contribution in [1.29, 1.82) is 0 Å². The summed E-state index contributed by atoms with van der Waals surface area (Å²) in [6.45, 7) is 1.84. The molecular formula is C6H14N2O. The quantitative estimate of drug-likeness (QED) is 0.506. The lowest BCUT2D eigenvalue weighted by Crippen LogP contribution is -2.44. The fourth-order valence-corrected chi connectivity index (χ4v) is 1.16. The standard InChI is InChI=1S/C6H14N2O/c1-7-8-4-2-3-6(9)5-8/h6-7,9H,2-5H2,1H3/t6-/m0/s1. The number of aliphatic hydroxyl groups is 1. The Kier molecular flexibility index (Phi) is 2.45. The monoisotopic (exact) mass is 130 g/mol. The second-order valence-electron chi connectivity index (χ2n) is 2.47. The molecule has 0 saturated carbocycles. The predicted octanol–water partition coefficient (Wildman–Crippen LogP) is -0.423. The van der Waals surface area contributed by atoms with E-state index >= 15 is 0 Å². The fraction of sp³-hybridized carbons (Fsp3) is 1.00. The van der Waals surface area contributed by atoms with Crippen LogP contribution in [0, 0.1) is 0 Å². The maximum Gasteiger partial charge on any atom is 0.0681 e. The van der Waals surface area contributed by atoms with Crippen molar-refractivity contribution in [3.05, 3.63) is 0 Å². The largest absolute Gasteiger partial charge is 0.392 e. The van der Waals surface area contributed by atoms with Gasteiger partial charge in [-0.1, -0.05) is 0 Å². The maximum atomic E-state index is 9.13. The van der Waals surface area contributed by atoms with Gasteiger partial charge in [0.1, 0.15) is 0 Å². The predicted molar refractivity (Wildman–Crippen MR) is 35.9 cm³/mol. The van der Waals surface area contributed by atoms with Crippen LogP contribution in [0.25, 0.3) is 0 Å². The number of hydrogen-bond acceptors (Lipinski definition) is 3. The summed E-state index contributed by atoms with van der Waals surface area (Å²) in [5.41, 5.74) is 3.01. The van der Waals surface area contributed by atoms with Crippen LogP contribution in [0.1, 0.15) is 12.8 Å². The molecule has 1 aliphatic heterocycles. The molecule has 0 aromatic carbocycles. The first-order valence-corrected chi connectivity index (χ1v) is 3.43. The first-order valence-electron chi connectivity index (χ1n) is 3.43. The summed E-state index contributed by atoms with van der Waals surface area (Å²) in [5.74, 6) is 0. The van der Waals surface area contributed by atoms with Crippen LogP contribution in [0.15, 0.2) is 0 Å². The topological polar surface area (TPSA) is 35.5 Å². The molecule has 0 aromatic heterocycles. The number of hydrogen-bond donors (Lipinski definition) is 2. The molecule has 9 heavy (non-hydrogen) atoms. The van der Waals surface area contributed by atoms with Crippen LogP contribution in [0.5, 0.6) is 0 Å². The molecule has 3 heteroatoms. The Morgan fingerprint density at radius 3 is 2.89 bits per heavy atom. The first-order chi connectivity index (χ1) is 4.33. The SMILES string of the molecule is CNN1CCC[C@H](O)C1. The van der Waals surface area contributed by atoms with Crippen LogP contribution in [-0.2, 0) is 0 Å². The van der Waals surface area contributed by atoms with Crippen molar-refractivity contribution in [2.75, 3.05) is 20.1 Å². The lowest BCUT2D eigenvalue weighted by Gasteiger charge is -2.28. The van der Waals surface area contributed by atoms with Crippen molar-refractivity contribution in [3.63, 3.8) is 0 Å². The van der Waals surface area contributed by atoms with Crippen molar-refractivity contribution in [1.82, 2.24) is 10.4 Å². The van der Waals surface area contributed by atoms with E-state index in [1.54, 1.807) is 0 Å². The average molecular weight is 130 g/mol. The van der Waals surface area contributed by atoms with Crippen molar-refractivity contribution >= 4 is 0 Å². The fourth-order valence-electron chi connectivity index (χ4n) is 1.16. The van der Waals surface area contributed by atoms with Crippen LogP contribution in [0.2, 0.25) is 0 Å². The van der Waals surface area contributed by atoms with Gasteiger partial charge in [-0.15, -0.1) is 0 Å². The van der Waals surface area contributed by atoms with Gasteiger partial charge in [-0.05, 0) is 19.9 Å². The molecule has 0 spiro atoms. The summed E-state index contributed by atoms with van der Waals surface area (Å²) in [5, 5.41) is 11.2. The van der Waals surface area contributed by atoms with E-state index in [4.69, 9.17) is 5.11 Å². The van der Waals surface area contributed by atoms with Crippen LogP contribution >= 0.6 is 0 Å². The lowest BCUT2D eigenvalue weighted by atomic mass is 10.1. The number of piperidine rings is 1. The van der Waals surface area contributed by atoms with Gasteiger partial charge in [0.05, 0.1) is 6.10 Å². The average Bonchev–Trinajstić information content (AvgIpc) is 1.88. The second-order valence-corrected chi connectivity index (χ2v) is 2.47. The summed E-state index contributed by atoms with van der Waals surface area (Å²) in [7, 11) is 1.89. The third-order valence-corrected chi connectivity index (χ3v) is 1.71. The molecular weight excluding hydrogens is 116 g/mol. The number of aliphatic hydroxyl groups excluding tert-OH is 1. The smallest absolute Gasteiger partial charge is 0.0681 e. The van der Waals surface area contributed by atoms with Gasteiger partial charge >= 0.3 is 0 Å². The number of rotatable bonds is 1. The highest BCUT2D eigenvalue weighted by atomic mass is 16.3. The molecule has 0 bridgehead atoms. The molecule has 0 amide bonds. The summed E-state index contributed by atoms with van der Waals surface area (Å²) in [4.78, 5) is 0. The van der Waals surface area contributed by atoms with Crippen molar-refractivity contribution in [2.45, 2.75) is 18.9 Å². The summed E-state index contributed by atoms with van der Waals surface area (Å²) in [6, 6.07) is 0. The Bertz CT molecular complexity index is 87.1. The van der Waals surface area contributed by atoms with E-state index in [0.717, 1.165) is 25.9 Å². The highest BCUT2D eigenvalue weighted by molar-refractivity contribution is 4.67. The van der Waals surface area contributed by atoms with E-state index in [1.807, 2.05) is 12.1 Å². The molecule has 0 unspecified atom stereocenters. The van der Waals surface area contributed by atoms with Crippen LogP contribution in [0.3, 0.4) is 0 Å². The minimum absolute atomic E-state index is 0.119. The Labute approximate surface area is 55.6 Å². The zero-order valence-corrected chi connectivity index (χ0v) is 5.80. The lowest BCUT2D eigenvalue weighted by molar-refractivity contribution is 0.0476. The summed E-state index contributed by atoms with van der Waals surface area (Å²) in [6.07, 6.45) is 1.94. The van der Waals surface area contributed by atoms with Gasteiger partial charge < -0.3 is 5.11 Å². The third-order valence-electron chi connectivity index (χ3n) is 1.71. The molecule has 1 fully saturated rings. The van der Waals surface area contributed by atoms with Crippen LogP contribution in [0.4, 0.5) is 0 Å². The Hall–Kier alpha value is -0.120. The van der Waals surface area contributed by atoms with Gasteiger partial charge in [-0.3, -0.25) is 5.43 Å². The van der Waals surface area contributed by atoms with Gasteiger partial charge in [-0.2, -0.15) is 0 Å². The molecule has 0 aromatic rings. The maximum absolute atomic E-state index is 9.13. The minimum atomic E-state index is -0.119. The van der Waals surface area contributed by atoms with Crippen molar-refractivity contribution in [2.24, 2.45) is 0 Å². The number of hydrazine groups is 1. The van der Waals surface area contributed by atoms with E-state index in [-0.39, 0.29) is 6.10 Å². The zero-order valence-electron chi connectivity index (χ0n) is 5.80. The Morgan fingerprint density at radius 1 is 1.67 bits per heavy atom. The van der Waals surface area contributed by atoms with Gasteiger partial charge in [-0.25, -0.2) is 5.01 Å². The number of nitrogens with zero attached hydrogens (tertiary/aromatic N) is 1. The van der Waals surface area contributed by atoms with E-state index in [0.29, 0.717) is 0 Å². The minimum Gasteiger partial charge on any atom is -0.392 e. The van der Waals surface area contributed by atoms with Crippen molar-refractivity contribution in [3.8, 4) is 0 Å². The molecule has 1 aliphatic rings. The molecule has 0 radical (unpaired) electrons. The molecule has 0 aliphatic carbocycles. The summed E-state index contributed by atoms with van der Waals surface area (Å²) >= 11 is 0. The molecule has 2 N–H and O–H groups in total.